The van der Waals surface area contributed by atoms with Gasteiger partial charge in [-0.3, -0.25) is 9.36 Å². The Bertz CT molecular complexity index is 429. The summed E-state index contributed by atoms with van der Waals surface area (Å²) in [5.74, 6) is -0.245. The van der Waals surface area contributed by atoms with Crippen molar-refractivity contribution in [2.75, 3.05) is 26.0 Å². The molecule has 0 amide bonds. The number of hydrogen-bond acceptors (Lipinski definition) is 5. The molecule has 0 saturated heterocycles. The fourth-order valence-electron chi connectivity index (χ4n) is 3.70. The summed E-state index contributed by atoms with van der Waals surface area (Å²) in [4.78, 5) is 11.6. The van der Waals surface area contributed by atoms with E-state index >= 15 is 0 Å². The maximum absolute atomic E-state index is 13.2. The van der Waals surface area contributed by atoms with Crippen molar-refractivity contribution in [3.8, 4) is 0 Å². The van der Waals surface area contributed by atoms with Gasteiger partial charge in [-0.25, -0.2) is 0 Å². The lowest BCUT2D eigenvalue weighted by atomic mass is 10.1. The molecule has 0 aliphatic carbocycles. The zero-order valence-electron chi connectivity index (χ0n) is 21.5. The summed E-state index contributed by atoms with van der Waals surface area (Å²) >= 11 is 0. The van der Waals surface area contributed by atoms with Gasteiger partial charge in [-0.05, 0) is 26.2 Å². The van der Waals surface area contributed by atoms with Crippen LogP contribution in [0, 0.1) is 0 Å². The molecule has 0 bridgehead atoms. The first-order valence-corrected chi connectivity index (χ1v) is 15.3. The Balaban J connectivity index is 4.11. The Morgan fingerprint density at radius 3 is 1.41 bits per heavy atom. The third-order valence-corrected chi connectivity index (χ3v) is 7.71. The second-order valence-corrected chi connectivity index (χ2v) is 11.0. The minimum atomic E-state index is -3.14. The van der Waals surface area contributed by atoms with E-state index in [1.54, 1.807) is 6.92 Å². The molecular weight excluding hydrogens is 423 g/mol. The molecule has 32 heavy (non-hydrogen) atoms. The smallest absolute Gasteiger partial charge is 0.330 e. The van der Waals surface area contributed by atoms with Crippen molar-refractivity contribution in [2.24, 2.45) is 0 Å². The Hall–Kier alpha value is -0.380. The molecule has 0 aromatic rings. The van der Waals surface area contributed by atoms with Crippen molar-refractivity contribution in [1.82, 2.24) is 0 Å². The number of carbonyl (C=O) groups excluding carboxylic acids is 1. The normalized spacial score (nSPS) is 11.7. The maximum atomic E-state index is 13.2. The number of unbranched alkanes of at least 4 members (excludes halogenated alkanes) is 14. The summed E-state index contributed by atoms with van der Waals surface area (Å²) < 4.78 is 29.7. The van der Waals surface area contributed by atoms with Crippen LogP contribution in [0.3, 0.4) is 0 Å². The number of carbonyl (C=O) groups is 1. The summed E-state index contributed by atoms with van der Waals surface area (Å²) in [5, 5.41) is 0. The van der Waals surface area contributed by atoms with Gasteiger partial charge in [-0.15, -0.1) is 0 Å². The van der Waals surface area contributed by atoms with Crippen LogP contribution in [0.1, 0.15) is 136 Å². The fraction of sp³-hybridized carbons (Fsp3) is 0.962. The zero-order chi connectivity index (χ0) is 23.8. The van der Waals surface area contributed by atoms with Crippen LogP contribution in [0.2, 0.25) is 0 Å². The monoisotopic (exact) mass is 476 g/mol. The highest BCUT2D eigenvalue weighted by molar-refractivity contribution is 7.53. The summed E-state index contributed by atoms with van der Waals surface area (Å²) in [7, 11) is -3.14. The van der Waals surface area contributed by atoms with Crippen molar-refractivity contribution in [3.63, 3.8) is 0 Å². The number of rotatable bonds is 25. The summed E-state index contributed by atoms with van der Waals surface area (Å²) in [6, 6.07) is 0. The van der Waals surface area contributed by atoms with E-state index in [0.717, 1.165) is 25.7 Å². The maximum Gasteiger partial charge on any atom is 0.330 e. The first-order chi connectivity index (χ1) is 15.6. The second-order valence-electron chi connectivity index (χ2n) is 8.86. The van der Waals surface area contributed by atoms with Gasteiger partial charge in [0.05, 0.1) is 26.0 Å². The molecule has 0 saturated carbocycles. The minimum absolute atomic E-state index is 0.245. The summed E-state index contributed by atoms with van der Waals surface area (Å²) in [6.07, 6.45) is 20.5. The molecule has 0 radical (unpaired) electrons. The molecule has 0 atom stereocenters. The van der Waals surface area contributed by atoms with Gasteiger partial charge in [0.15, 0.2) is 0 Å². The van der Waals surface area contributed by atoms with Crippen molar-refractivity contribution in [1.29, 1.82) is 0 Å². The predicted octanol–water partition coefficient (Wildman–Crippen LogP) is 8.84. The van der Waals surface area contributed by atoms with Gasteiger partial charge in [0.25, 0.3) is 0 Å². The van der Waals surface area contributed by atoms with E-state index in [4.69, 9.17) is 13.8 Å². The standard InChI is InChI=1S/C26H53O5P/c1-4-7-9-11-13-15-17-19-23-30-32(28,25-21-22-26(27)29-6-3)31-24-20-18-16-14-12-10-8-5-2/h4-25H2,1-3H3. The molecule has 0 N–H and O–H groups in total. The van der Waals surface area contributed by atoms with Crippen molar-refractivity contribution in [3.05, 3.63) is 0 Å². The van der Waals surface area contributed by atoms with Crippen molar-refractivity contribution >= 4 is 13.6 Å². The van der Waals surface area contributed by atoms with Crippen LogP contribution in [-0.2, 0) is 23.1 Å². The minimum Gasteiger partial charge on any atom is -0.466 e. The van der Waals surface area contributed by atoms with E-state index < -0.39 is 7.60 Å². The van der Waals surface area contributed by atoms with E-state index in [1.165, 1.54) is 77.0 Å². The molecule has 5 nitrogen and oxygen atoms in total. The van der Waals surface area contributed by atoms with Crippen molar-refractivity contribution in [2.45, 2.75) is 136 Å². The quantitative estimate of drug-likeness (QED) is 0.0748. The molecule has 0 aliphatic heterocycles. The highest BCUT2D eigenvalue weighted by atomic mass is 31.2. The van der Waals surface area contributed by atoms with Crippen LogP contribution in [-0.4, -0.2) is 32.0 Å². The molecule has 0 spiro atoms. The Kier molecular flexibility index (Phi) is 23.5. The van der Waals surface area contributed by atoms with E-state index in [2.05, 4.69) is 13.8 Å². The molecule has 0 unspecified atom stereocenters. The lowest BCUT2D eigenvalue weighted by Gasteiger charge is -2.18. The van der Waals surface area contributed by atoms with E-state index in [-0.39, 0.29) is 12.4 Å². The zero-order valence-corrected chi connectivity index (χ0v) is 22.4. The third-order valence-electron chi connectivity index (χ3n) is 5.69. The second kappa shape index (κ2) is 23.8. The third kappa shape index (κ3) is 21.5. The van der Waals surface area contributed by atoms with Crippen LogP contribution >= 0.6 is 7.60 Å². The molecule has 6 heteroatoms. The van der Waals surface area contributed by atoms with Gasteiger partial charge in [-0.2, -0.15) is 0 Å². The van der Waals surface area contributed by atoms with Crippen LogP contribution in [0.5, 0.6) is 0 Å². The summed E-state index contributed by atoms with van der Waals surface area (Å²) in [6.45, 7) is 7.59. The van der Waals surface area contributed by atoms with Gasteiger partial charge in [0, 0.05) is 6.42 Å². The average Bonchev–Trinajstić information content (AvgIpc) is 2.77. The first kappa shape index (κ1) is 31.6. The number of hydrogen-bond donors (Lipinski definition) is 0. The average molecular weight is 477 g/mol. The SMILES string of the molecule is CCCCCCCCCCOP(=O)(CCCC(=O)OCC)OCCCCCCCCCC. The highest BCUT2D eigenvalue weighted by Gasteiger charge is 2.24. The lowest BCUT2D eigenvalue weighted by molar-refractivity contribution is -0.143. The molecule has 192 valence electrons. The van der Waals surface area contributed by atoms with Crippen LogP contribution in [0.15, 0.2) is 0 Å². The van der Waals surface area contributed by atoms with Gasteiger partial charge in [-0.1, -0.05) is 104 Å². The van der Waals surface area contributed by atoms with Gasteiger partial charge < -0.3 is 13.8 Å². The van der Waals surface area contributed by atoms with Crippen LogP contribution in [0.4, 0.5) is 0 Å². The topological polar surface area (TPSA) is 61.8 Å². The summed E-state index contributed by atoms with van der Waals surface area (Å²) in [5.41, 5.74) is 0. The number of esters is 1. The van der Waals surface area contributed by atoms with E-state index in [9.17, 15) is 9.36 Å². The first-order valence-electron chi connectivity index (χ1n) is 13.6. The molecular formula is C26H53O5P. The van der Waals surface area contributed by atoms with Crippen LogP contribution in [0.25, 0.3) is 0 Å². The lowest BCUT2D eigenvalue weighted by Crippen LogP contribution is -2.07. The molecule has 0 heterocycles. The predicted molar refractivity (Wildman–Crippen MR) is 135 cm³/mol. The fourth-order valence-corrected chi connectivity index (χ4v) is 5.39. The molecule has 0 aliphatic rings. The Morgan fingerprint density at radius 2 is 1.00 bits per heavy atom. The number of ether oxygens (including phenoxy) is 1. The Labute approximate surface area is 199 Å². The van der Waals surface area contributed by atoms with E-state index in [0.29, 0.717) is 32.4 Å². The van der Waals surface area contributed by atoms with E-state index in [1.807, 2.05) is 0 Å². The van der Waals surface area contributed by atoms with Gasteiger partial charge in [0.2, 0.25) is 0 Å². The molecule has 0 rings (SSSR count). The van der Waals surface area contributed by atoms with Crippen LogP contribution < -0.4 is 0 Å². The molecule has 0 aromatic heterocycles. The molecule has 0 aromatic carbocycles. The van der Waals surface area contributed by atoms with Gasteiger partial charge >= 0.3 is 13.6 Å². The largest absolute Gasteiger partial charge is 0.466 e. The highest BCUT2D eigenvalue weighted by Crippen LogP contribution is 2.49. The van der Waals surface area contributed by atoms with Crippen molar-refractivity contribution < 1.29 is 23.1 Å². The Morgan fingerprint density at radius 1 is 0.594 bits per heavy atom. The molecule has 0 fully saturated rings. The van der Waals surface area contributed by atoms with Gasteiger partial charge in [0.1, 0.15) is 0 Å².